The van der Waals surface area contributed by atoms with E-state index in [0.29, 0.717) is 21.9 Å². The number of benzene rings is 1. The molecule has 0 aliphatic heterocycles. The fourth-order valence-electron chi connectivity index (χ4n) is 1.75. The maximum absolute atomic E-state index is 12.0. The smallest absolute Gasteiger partial charge is 0.279 e. The van der Waals surface area contributed by atoms with Crippen LogP contribution in [-0.2, 0) is 0 Å². The van der Waals surface area contributed by atoms with Crippen LogP contribution in [0.25, 0.3) is 11.5 Å². The van der Waals surface area contributed by atoms with Gasteiger partial charge < -0.3 is 4.42 Å². The zero-order chi connectivity index (χ0) is 16.2. The van der Waals surface area contributed by atoms with E-state index < -0.39 is 5.91 Å². The normalized spacial score (nSPS) is 10.3. The first-order chi connectivity index (χ1) is 11.1. The van der Waals surface area contributed by atoms with E-state index in [1.54, 1.807) is 36.4 Å². The summed E-state index contributed by atoms with van der Waals surface area (Å²) < 4.78 is 5.91. The summed E-state index contributed by atoms with van der Waals surface area (Å²) in [7, 11) is 0. The third kappa shape index (κ3) is 3.63. The van der Waals surface area contributed by atoms with E-state index in [1.807, 2.05) is 0 Å². The summed E-state index contributed by atoms with van der Waals surface area (Å²) in [5.41, 5.74) is 5.82. The third-order valence-electron chi connectivity index (χ3n) is 2.84. The highest BCUT2D eigenvalue weighted by molar-refractivity contribution is 9.11. The second kappa shape index (κ2) is 6.71. The number of aromatic nitrogens is 2. The summed E-state index contributed by atoms with van der Waals surface area (Å²) in [6.07, 6.45) is 1.23. The van der Waals surface area contributed by atoms with E-state index in [9.17, 15) is 9.59 Å². The first-order valence-corrected chi connectivity index (χ1v) is 7.97. The molecule has 2 aromatic heterocycles. The van der Waals surface area contributed by atoms with Gasteiger partial charge in [0.05, 0.1) is 8.66 Å². The van der Waals surface area contributed by atoms with Crippen molar-refractivity contribution in [3.05, 3.63) is 57.0 Å². The van der Waals surface area contributed by atoms with Gasteiger partial charge in [-0.1, -0.05) is 0 Å². The number of carbonyl (C=O) groups is 2. The van der Waals surface area contributed by atoms with Gasteiger partial charge in [-0.15, -0.1) is 21.5 Å². The predicted octanol–water partition coefficient (Wildman–Crippen LogP) is 2.64. The van der Waals surface area contributed by atoms with Crippen molar-refractivity contribution >= 4 is 39.1 Å². The molecule has 9 heteroatoms. The molecule has 0 saturated carbocycles. The van der Waals surface area contributed by atoms with Crippen LogP contribution >= 0.6 is 27.3 Å². The molecule has 116 valence electrons. The molecule has 0 saturated heterocycles. The SMILES string of the molecule is O=C(NNC(=O)c1ccc(Br)s1)c1ccc(-c2nnco2)cc1. The molecule has 0 radical (unpaired) electrons. The fraction of sp³-hybridized carbons (Fsp3) is 0. The lowest BCUT2D eigenvalue weighted by atomic mass is 10.1. The molecule has 3 rings (SSSR count). The molecule has 0 fully saturated rings. The fourth-order valence-corrected chi connectivity index (χ4v) is 3.03. The van der Waals surface area contributed by atoms with Gasteiger partial charge in [0, 0.05) is 11.1 Å². The van der Waals surface area contributed by atoms with Crippen molar-refractivity contribution in [2.75, 3.05) is 0 Å². The molecule has 0 aliphatic carbocycles. The number of halogens is 1. The molecular weight excluding hydrogens is 384 g/mol. The molecule has 1 aromatic carbocycles. The van der Waals surface area contributed by atoms with Crippen LogP contribution in [-0.4, -0.2) is 22.0 Å². The average Bonchev–Trinajstić information content (AvgIpc) is 3.24. The van der Waals surface area contributed by atoms with E-state index in [2.05, 4.69) is 37.0 Å². The summed E-state index contributed by atoms with van der Waals surface area (Å²) in [6.45, 7) is 0. The Labute approximate surface area is 142 Å². The number of hydrogen-bond acceptors (Lipinski definition) is 6. The van der Waals surface area contributed by atoms with Gasteiger partial charge in [0.2, 0.25) is 12.3 Å². The minimum absolute atomic E-state index is 0.369. The van der Waals surface area contributed by atoms with E-state index in [0.717, 1.165) is 3.79 Å². The Balaban J connectivity index is 1.61. The highest BCUT2D eigenvalue weighted by Crippen LogP contribution is 2.21. The molecule has 23 heavy (non-hydrogen) atoms. The number of hydrogen-bond donors (Lipinski definition) is 2. The minimum Gasteiger partial charge on any atom is -0.423 e. The molecule has 0 atom stereocenters. The zero-order valence-electron chi connectivity index (χ0n) is 11.4. The first-order valence-electron chi connectivity index (χ1n) is 6.36. The molecular formula is C14H9BrN4O3S. The monoisotopic (exact) mass is 392 g/mol. The Bertz CT molecular complexity index is 830. The van der Waals surface area contributed by atoms with Crippen molar-refractivity contribution in [1.29, 1.82) is 0 Å². The molecule has 2 amide bonds. The van der Waals surface area contributed by atoms with Gasteiger partial charge in [-0.3, -0.25) is 20.4 Å². The molecule has 0 aliphatic rings. The van der Waals surface area contributed by atoms with Gasteiger partial charge in [0.15, 0.2) is 0 Å². The van der Waals surface area contributed by atoms with Gasteiger partial charge in [-0.05, 0) is 52.3 Å². The topological polar surface area (TPSA) is 97.1 Å². The van der Waals surface area contributed by atoms with Crippen molar-refractivity contribution in [2.24, 2.45) is 0 Å². The van der Waals surface area contributed by atoms with Gasteiger partial charge in [0.25, 0.3) is 11.8 Å². The van der Waals surface area contributed by atoms with Crippen LogP contribution in [0.15, 0.2) is 51.0 Å². The number of amides is 2. The van der Waals surface area contributed by atoms with E-state index >= 15 is 0 Å². The summed E-state index contributed by atoms with van der Waals surface area (Å²) in [6, 6.07) is 9.99. The molecule has 0 bridgehead atoms. The maximum atomic E-state index is 12.0. The summed E-state index contributed by atoms with van der Waals surface area (Å²) in [5, 5.41) is 7.37. The molecule has 2 heterocycles. The standard InChI is InChI=1S/C14H9BrN4O3S/c15-11-6-5-10(23-11)13(21)18-17-12(20)8-1-3-9(4-2-8)14-19-16-7-22-14/h1-7H,(H,17,20)(H,18,21). The van der Waals surface area contributed by atoms with Gasteiger partial charge in [-0.25, -0.2) is 0 Å². The zero-order valence-corrected chi connectivity index (χ0v) is 13.8. The van der Waals surface area contributed by atoms with E-state index in [4.69, 9.17) is 4.42 Å². The maximum Gasteiger partial charge on any atom is 0.279 e. The van der Waals surface area contributed by atoms with E-state index in [-0.39, 0.29) is 5.91 Å². The second-order valence-corrected chi connectivity index (χ2v) is 6.80. The van der Waals surface area contributed by atoms with Crippen LogP contribution in [0.1, 0.15) is 20.0 Å². The van der Waals surface area contributed by atoms with Gasteiger partial charge in [-0.2, -0.15) is 0 Å². The Hall–Kier alpha value is -2.52. The molecule has 2 N–H and O–H groups in total. The van der Waals surface area contributed by atoms with Gasteiger partial charge in [0.1, 0.15) is 0 Å². The van der Waals surface area contributed by atoms with Crippen LogP contribution in [0.4, 0.5) is 0 Å². The van der Waals surface area contributed by atoms with Crippen molar-refractivity contribution in [3.63, 3.8) is 0 Å². The largest absolute Gasteiger partial charge is 0.423 e. The Morgan fingerprint density at radius 3 is 2.39 bits per heavy atom. The third-order valence-corrected chi connectivity index (χ3v) is 4.46. The van der Waals surface area contributed by atoms with Crippen LogP contribution < -0.4 is 10.9 Å². The van der Waals surface area contributed by atoms with Crippen LogP contribution in [0.2, 0.25) is 0 Å². The number of hydrazine groups is 1. The summed E-state index contributed by atoms with van der Waals surface area (Å²) >= 11 is 4.55. The summed E-state index contributed by atoms with van der Waals surface area (Å²) in [4.78, 5) is 24.3. The molecule has 7 nitrogen and oxygen atoms in total. The van der Waals surface area contributed by atoms with Crippen LogP contribution in [0.5, 0.6) is 0 Å². The first kappa shape index (κ1) is 15.4. The number of nitrogens with one attached hydrogen (secondary N) is 2. The lowest BCUT2D eigenvalue weighted by molar-refractivity contribution is 0.0849. The quantitative estimate of drug-likeness (QED) is 0.667. The van der Waals surface area contributed by atoms with Crippen molar-refractivity contribution in [2.45, 2.75) is 0 Å². The Kier molecular flexibility index (Phi) is 4.49. The number of rotatable bonds is 3. The van der Waals surface area contributed by atoms with E-state index in [1.165, 1.54) is 17.7 Å². The number of thiophene rings is 1. The second-order valence-electron chi connectivity index (χ2n) is 4.33. The van der Waals surface area contributed by atoms with Crippen LogP contribution in [0.3, 0.4) is 0 Å². The van der Waals surface area contributed by atoms with Crippen molar-refractivity contribution in [1.82, 2.24) is 21.0 Å². The van der Waals surface area contributed by atoms with Crippen molar-refractivity contribution in [3.8, 4) is 11.5 Å². The molecule has 0 unspecified atom stereocenters. The van der Waals surface area contributed by atoms with Crippen molar-refractivity contribution < 1.29 is 14.0 Å². The highest BCUT2D eigenvalue weighted by atomic mass is 79.9. The minimum atomic E-state index is -0.425. The Morgan fingerprint density at radius 2 is 1.78 bits per heavy atom. The molecule has 0 spiro atoms. The van der Waals surface area contributed by atoms with Crippen LogP contribution in [0, 0.1) is 0 Å². The van der Waals surface area contributed by atoms with Gasteiger partial charge >= 0.3 is 0 Å². The number of carbonyl (C=O) groups excluding carboxylic acids is 2. The average molecular weight is 393 g/mol. The summed E-state index contributed by atoms with van der Waals surface area (Å²) in [5.74, 6) is -0.434. The lowest BCUT2D eigenvalue weighted by Gasteiger charge is -2.06. The lowest BCUT2D eigenvalue weighted by Crippen LogP contribution is -2.41. The number of nitrogens with zero attached hydrogens (tertiary/aromatic N) is 2. The Morgan fingerprint density at radius 1 is 1.04 bits per heavy atom. The molecule has 3 aromatic rings. The predicted molar refractivity (Wildman–Crippen MR) is 86.7 cm³/mol. The highest BCUT2D eigenvalue weighted by Gasteiger charge is 2.11.